The number of rotatable bonds is 4. The highest BCUT2D eigenvalue weighted by atomic mass is 16.4. The average Bonchev–Trinajstić information content (AvgIpc) is 3.28. The summed E-state index contributed by atoms with van der Waals surface area (Å²) in [7, 11) is 0. The van der Waals surface area contributed by atoms with Crippen LogP contribution in [0, 0.1) is 44.8 Å². The number of carboxylic acids is 1. The molecule has 40 heavy (non-hydrogen) atoms. The van der Waals surface area contributed by atoms with Crippen molar-refractivity contribution in [1.29, 1.82) is 0 Å². The fourth-order valence-corrected chi connectivity index (χ4v) is 11.5. The first-order valence-corrected chi connectivity index (χ1v) is 15.8. The topological polar surface area (TPSA) is 95.6 Å². The maximum absolute atomic E-state index is 12.9. The van der Waals surface area contributed by atoms with Gasteiger partial charge in [-0.3, -0.25) is 9.48 Å². The Morgan fingerprint density at radius 3 is 2.33 bits per heavy atom. The highest BCUT2D eigenvalue weighted by Crippen LogP contribution is 2.75. The van der Waals surface area contributed by atoms with E-state index in [1.54, 1.807) is 0 Å². The van der Waals surface area contributed by atoms with Crippen molar-refractivity contribution in [3.8, 4) is 0 Å². The Bertz CT molecular complexity index is 1240. The van der Waals surface area contributed by atoms with Crippen molar-refractivity contribution in [3.05, 3.63) is 29.1 Å². The number of hydrogen-bond donors (Lipinski definition) is 3. The molecule has 5 aliphatic rings. The van der Waals surface area contributed by atoms with E-state index in [1.165, 1.54) is 11.1 Å². The lowest BCUT2D eigenvalue weighted by Gasteiger charge is -2.70. The number of carboxylic acid groups (broad SMARTS) is 1. The van der Waals surface area contributed by atoms with Crippen LogP contribution >= 0.6 is 0 Å². The van der Waals surface area contributed by atoms with Gasteiger partial charge < -0.3 is 15.3 Å². The van der Waals surface area contributed by atoms with Gasteiger partial charge >= 0.3 is 5.97 Å². The zero-order chi connectivity index (χ0) is 29.1. The van der Waals surface area contributed by atoms with Crippen molar-refractivity contribution in [2.45, 2.75) is 118 Å². The third-order valence-electron chi connectivity index (χ3n) is 14.0. The van der Waals surface area contributed by atoms with Crippen LogP contribution in [-0.2, 0) is 16.6 Å². The van der Waals surface area contributed by atoms with Crippen LogP contribution in [0.15, 0.2) is 17.8 Å². The maximum atomic E-state index is 12.9. The second-order valence-corrected chi connectivity index (χ2v) is 16.6. The third-order valence-corrected chi connectivity index (χ3v) is 14.0. The molecule has 3 saturated carbocycles. The van der Waals surface area contributed by atoms with Crippen molar-refractivity contribution in [1.82, 2.24) is 9.78 Å². The summed E-state index contributed by atoms with van der Waals surface area (Å²) >= 11 is 0. The monoisotopic (exact) mass is 552 g/mol. The van der Waals surface area contributed by atoms with Gasteiger partial charge in [0.2, 0.25) is 0 Å². The van der Waals surface area contributed by atoms with Crippen molar-refractivity contribution >= 4 is 5.97 Å². The molecule has 0 aliphatic heterocycles. The van der Waals surface area contributed by atoms with E-state index in [4.69, 9.17) is 5.10 Å². The first kappa shape index (κ1) is 28.5. The van der Waals surface area contributed by atoms with Crippen LogP contribution in [-0.4, -0.2) is 44.3 Å². The molecule has 6 rings (SSSR count). The third kappa shape index (κ3) is 3.47. The number of aliphatic hydroxyl groups excluding tert-OH is 2. The molecule has 222 valence electrons. The fourth-order valence-electron chi connectivity index (χ4n) is 11.5. The van der Waals surface area contributed by atoms with E-state index in [-0.39, 0.29) is 46.2 Å². The molecule has 0 radical (unpaired) electrons. The summed E-state index contributed by atoms with van der Waals surface area (Å²) < 4.78 is 1.81. The number of aliphatic carboxylic acids is 1. The summed E-state index contributed by atoms with van der Waals surface area (Å²) in [5.41, 5.74) is 3.56. The van der Waals surface area contributed by atoms with Crippen molar-refractivity contribution in [3.63, 3.8) is 0 Å². The van der Waals surface area contributed by atoms with E-state index in [2.05, 4.69) is 60.7 Å². The Balaban J connectivity index is 1.44. The molecule has 0 unspecified atom stereocenters. The van der Waals surface area contributed by atoms with Gasteiger partial charge in [-0.25, -0.2) is 0 Å². The summed E-state index contributed by atoms with van der Waals surface area (Å²) in [5, 5.41) is 35.3. The second-order valence-electron chi connectivity index (χ2n) is 16.6. The lowest BCUT2D eigenvalue weighted by molar-refractivity contribution is -0.177. The Kier molecular flexibility index (Phi) is 6.18. The minimum atomic E-state index is -0.600. The first-order valence-electron chi connectivity index (χ1n) is 15.8. The molecule has 1 heterocycles. The van der Waals surface area contributed by atoms with Crippen LogP contribution in [0.25, 0.3) is 0 Å². The van der Waals surface area contributed by atoms with Gasteiger partial charge in [-0.2, -0.15) is 5.10 Å². The average molecular weight is 553 g/mol. The van der Waals surface area contributed by atoms with E-state index in [0.717, 1.165) is 63.5 Å². The Labute approximate surface area is 240 Å². The van der Waals surface area contributed by atoms with Crippen LogP contribution in [0.2, 0.25) is 0 Å². The molecule has 0 saturated heterocycles. The number of aromatic nitrogens is 2. The minimum absolute atomic E-state index is 0.00834. The lowest BCUT2D eigenvalue weighted by Crippen LogP contribution is -2.64. The van der Waals surface area contributed by atoms with Crippen LogP contribution in [0.4, 0.5) is 0 Å². The van der Waals surface area contributed by atoms with Crippen molar-refractivity contribution in [2.24, 2.45) is 44.8 Å². The highest BCUT2D eigenvalue weighted by molar-refractivity contribution is 5.76. The predicted molar refractivity (Wildman–Crippen MR) is 156 cm³/mol. The summed E-state index contributed by atoms with van der Waals surface area (Å²) in [6.07, 6.45) is 13.5. The Hall–Kier alpha value is -1.66. The summed E-state index contributed by atoms with van der Waals surface area (Å²) in [5.74, 6) is 0.562. The molecule has 7 atom stereocenters. The quantitative estimate of drug-likeness (QED) is 0.381. The lowest BCUT2D eigenvalue weighted by atomic mass is 9.33. The van der Waals surface area contributed by atoms with E-state index in [1.807, 2.05) is 4.68 Å². The van der Waals surface area contributed by atoms with Gasteiger partial charge in [-0.1, -0.05) is 60.1 Å². The van der Waals surface area contributed by atoms with Gasteiger partial charge in [0, 0.05) is 11.6 Å². The molecule has 0 bridgehead atoms. The van der Waals surface area contributed by atoms with Gasteiger partial charge in [0.1, 0.15) is 0 Å². The number of carbonyl (C=O) groups is 1. The zero-order valence-corrected chi connectivity index (χ0v) is 25.9. The van der Waals surface area contributed by atoms with E-state index in [9.17, 15) is 20.1 Å². The van der Waals surface area contributed by atoms with Gasteiger partial charge in [0.15, 0.2) is 0 Å². The zero-order valence-electron chi connectivity index (χ0n) is 25.9. The van der Waals surface area contributed by atoms with Gasteiger partial charge in [0.05, 0.1) is 30.4 Å². The van der Waals surface area contributed by atoms with Gasteiger partial charge in [0.25, 0.3) is 0 Å². The van der Waals surface area contributed by atoms with Crippen LogP contribution < -0.4 is 0 Å². The molecule has 1 aromatic rings. The second kappa shape index (κ2) is 8.69. The number of aliphatic hydroxyl groups is 2. The maximum Gasteiger partial charge on any atom is 0.310 e. The van der Waals surface area contributed by atoms with Gasteiger partial charge in [-0.05, 0) is 103 Å². The molecule has 3 N–H and O–H groups in total. The first-order chi connectivity index (χ1) is 18.6. The molecule has 0 spiro atoms. The van der Waals surface area contributed by atoms with Crippen molar-refractivity contribution < 1.29 is 20.1 Å². The normalized spacial score (nSPS) is 43.0. The van der Waals surface area contributed by atoms with Crippen molar-refractivity contribution in [2.75, 3.05) is 13.2 Å². The predicted octanol–water partition coefficient (Wildman–Crippen LogP) is 6.31. The van der Waals surface area contributed by atoms with E-state index < -0.39 is 17.4 Å². The summed E-state index contributed by atoms with van der Waals surface area (Å²) in [4.78, 5) is 12.9. The largest absolute Gasteiger partial charge is 0.481 e. The standard InChI is InChI=1S/C34H52N2O4/c1-29(2)12-14-34(28(39)40)15-13-32(6)23(24(34)17-29)8-9-26-31(5)16-21-18-36(22(19-37)20-38)35-27(21)30(3,4)25(31)10-11-33(26,32)7/h8,18,22,24-26,37-38H,9-17,19-20H2,1-7H3,(H,39,40)/t24-,25-,26+,31-,32+,33+,34-/m0/s1. The molecule has 3 fully saturated rings. The van der Waals surface area contributed by atoms with E-state index in [0.29, 0.717) is 11.8 Å². The number of allylic oxidation sites excluding steroid dienone is 2. The van der Waals surface area contributed by atoms with Crippen LogP contribution in [0.1, 0.15) is 117 Å². The van der Waals surface area contributed by atoms with Crippen LogP contribution in [0.3, 0.4) is 0 Å². The highest BCUT2D eigenvalue weighted by Gasteiger charge is 2.69. The SMILES string of the molecule is CC1(C)CC[C@]2(C(=O)O)CC[C@]3(C)C(=CC[C@@H]4[C@@]5(C)Cc6cn(C(CO)CO)nc6C(C)(C)[C@@H]5CC[C@]43C)[C@@H]2C1. The minimum Gasteiger partial charge on any atom is -0.481 e. The van der Waals surface area contributed by atoms with Gasteiger partial charge in [-0.15, -0.1) is 0 Å². The molecule has 5 aliphatic carbocycles. The molecule has 6 nitrogen and oxygen atoms in total. The number of nitrogens with zero attached hydrogens (tertiary/aromatic N) is 2. The molecule has 0 aromatic carbocycles. The molecular weight excluding hydrogens is 500 g/mol. The molecular formula is C34H52N2O4. The number of hydrogen-bond acceptors (Lipinski definition) is 4. The number of fused-ring (bicyclic) bond motifs is 8. The molecule has 0 amide bonds. The Morgan fingerprint density at radius 1 is 1.00 bits per heavy atom. The smallest absolute Gasteiger partial charge is 0.310 e. The Morgan fingerprint density at radius 2 is 1.68 bits per heavy atom. The summed E-state index contributed by atoms with van der Waals surface area (Å²) in [6.45, 7) is 16.8. The molecule has 1 aromatic heterocycles. The summed E-state index contributed by atoms with van der Waals surface area (Å²) in [6, 6.07) is -0.405. The molecule has 6 heteroatoms. The van der Waals surface area contributed by atoms with E-state index >= 15 is 0 Å². The fraction of sp³-hybridized carbons (Fsp3) is 0.824. The van der Waals surface area contributed by atoms with Crippen LogP contribution in [0.5, 0.6) is 0 Å².